The molecule has 0 spiro atoms. The van der Waals surface area contributed by atoms with Crippen molar-refractivity contribution in [1.29, 1.82) is 0 Å². The van der Waals surface area contributed by atoms with E-state index in [0.717, 1.165) is 12.8 Å². The molecular formula is C26H38ClN3O7S2. The van der Waals surface area contributed by atoms with Gasteiger partial charge < -0.3 is 24.4 Å². The number of anilines is 1. The minimum absolute atomic E-state index is 0.0515. The molecule has 1 aliphatic carbocycles. The fourth-order valence-electron chi connectivity index (χ4n) is 2.95. The lowest BCUT2D eigenvalue weighted by Gasteiger charge is -2.23. The molecule has 0 heterocycles. The van der Waals surface area contributed by atoms with Gasteiger partial charge in [-0.1, -0.05) is 55.7 Å². The molecule has 218 valence electrons. The van der Waals surface area contributed by atoms with E-state index in [1.165, 1.54) is 46.3 Å². The van der Waals surface area contributed by atoms with Crippen LogP contribution in [0.25, 0.3) is 0 Å². The molecule has 0 aliphatic heterocycles. The zero-order valence-corrected chi connectivity index (χ0v) is 25.4. The van der Waals surface area contributed by atoms with Gasteiger partial charge in [0.15, 0.2) is 6.10 Å². The summed E-state index contributed by atoms with van der Waals surface area (Å²) in [5.41, 5.74) is 0.566. The SMILES string of the molecule is C#CC(C)OC(=O)Nc1cccc(Cl)c1.CN(C)C(=O)NC1CCCCCCC1.COC(=O)SSC(=O)OC. The molecule has 0 bridgehead atoms. The number of amides is 3. The Labute approximate surface area is 244 Å². The van der Waals surface area contributed by atoms with Crippen molar-refractivity contribution < 1.29 is 33.4 Å². The summed E-state index contributed by atoms with van der Waals surface area (Å²) in [5, 5.41) is 5.08. The predicted molar refractivity (Wildman–Crippen MR) is 158 cm³/mol. The zero-order valence-electron chi connectivity index (χ0n) is 23.0. The van der Waals surface area contributed by atoms with Crippen LogP contribution in [0.4, 0.5) is 24.9 Å². The van der Waals surface area contributed by atoms with Crippen molar-refractivity contribution in [3.63, 3.8) is 0 Å². The predicted octanol–water partition coefficient (Wildman–Crippen LogP) is 7.18. The minimum Gasteiger partial charge on any atom is -0.460 e. The van der Waals surface area contributed by atoms with Crippen molar-refractivity contribution in [2.45, 2.75) is 64.0 Å². The van der Waals surface area contributed by atoms with E-state index in [2.05, 4.69) is 26.0 Å². The molecular weight excluding hydrogens is 566 g/mol. The summed E-state index contributed by atoms with van der Waals surface area (Å²) < 4.78 is 13.3. The van der Waals surface area contributed by atoms with Crippen LogP contribution in [0.15, 0.2) is 24.3 Å². The molecule has 1 aromatic carbocycles. The number of nitrogens with zero attached hydrogens (tertiary/aromatic N) is 1. The Balaban J connectivity index is 0.000000568. The first kappa shape index (κ1) is 36.2. The number of rotatable bonds is 3. The lowest BCUT2D eigenvalue weighted by Crippen LogP contribution is -2.41. The Morgan fingerprint density at radius 1 is 1.03 bits per heavy atom. The standard InChI is InChI=1S/C11H10ClNO2.C11H22N2O.C4H6O4S2/c1-3-8(2)15-11(14)13-10-6-4-5-9(12)7-10;1-13(2)11(14)12-10-8-6-4-3-5-7-9-10;1-7-3(5)9-10-4(6)8-2/h1,4-8H,2H3,(H,13,14);10H,3-9H2,1-2H3,(H,12,14);1-2H3. The maximum absolute atomic E-state index is 11.4. The Bertz CT molecular complexity index is 920. The van der Waals surface area contributed by atoms with Gasteiger partial charge in [-0.2, -0.15) is 0 Å². The Hall–Kier alpha value is -2.75. The minimum atomic E-state index is -0.595. The van der Waals surface area contributed by atoms with Crippen LogP contribution in [0.3, 0.4) is 0 Å². The van der Waals surface area contributed by atoms with Gasteiger partial charge in [0.1, 0.15) is 0 Å². The average Bonchev–Trinajstić information content (AvgIpc) is 2.88. The number of halogens is 1. The lowest BCUT2D eigenvalue weighted by atomic mass is 9.97. The second-order valence-electron chi connectivity index (χ2n) is 8.31. The third-order valence-corrected chi connectivity index (χ3v) is 6.93. The first-order chi connectivity index (χ1) is 18.5. The van der Waals surface area contributed by atoms with Crippen LogP contribution in [0.1, 0.15) is 51.9 Å². The number of terminal acetylenes is 1. The molecule has 1 aliphatic rings. The number of hydrogen-bond acceptors (Lipinski definition) is 9. The van der Waals surface area contributed by atoms with Crippen molar-refractivity contribution in [3.8, 4) is 12.3 Å². The molecule has 1 saturated carbocycles. The largest absolute Gasteiger partial charge is 0.460 e. The molecule has 1 fully saturated rings. The smallest absolute Gasteiger partial charge is 0.412 e. The maximum Gasteiger partial charge on any atom is 0.412 e. The van der Waals surface area contributed by atoms with Gasteiger partial charge in [0, 0.05) is 52.4 Å². The highest BCUT2D eigenvalue weighted by Gasteiger charge is 2.14. The summed E-state index contributed by atoms with van der Waals surface area (Å²) in [7, 11) is 7.45. The quantitative estimate of drug-likeness (QED) is 0.160. The number of urea groups is 1. The summed E-state index contributed by atoms with van der Waals surface area (Å²) in [5.74, 6) is 2.28. The van der Waals surface area contributed by atoms with E-state index in [-0.39, 0.29) is 6.03 Å². The summed E-state index contributed by atoms with van der Waals surface area (Å²) >= 11 is 5.74. The first-order valence-corrected chi connectivity index (χ1v) is 14.7. The fourth-order valence-corrected chi connectivity index (χ4v) is 4.23. The van der Waals surface area contributed by atoms with Crippen LogP contribution in [0.5, 0.6) is 0 Å². The number of benzene rings is 1. The van der Waals surface area contributed by atoms with Crippen LogP contribution in [-0.2, 0) is 14.2 Å². The topological polar surface area (TPSA) is 123 Å². The van der Waals surface area contributed by atoms with Gasteiger partial charge in [0.25, 0.3) is 0 Å². The molecule has 39 heavy (non-hydrogen) atoms. The third-order valence-electron chi connectivity index (χ3n) is 4.94. The molecule has 0 aromatic heterocycles. The van der Waals surface area contributed by atoms with Crippen molar-refractivity contribution in [2.24, 2.45) is 0 Å². The van der Waals surface area contributed by atoms with Crippen LogP contribution in [0.2, 0.25) is 5.02 Å². The highest BCUT2D eigenvalue weighted by atomic mass is 35.5. The number of methoxy groups -OCH3 is 2. The first-order valence-electron chi connectivity index (χ1n) is 12.2. The van der Waals surface area contributed by atoms with Crippen LogP contribution in [0, 0.1) is 12.3 Å². The van der Waals surface area contributed by atoms with Gasteiger partial charge in [-0.05, 0) is 38.0 Å². The number of nitrogens with one attached hydrogen (secondary N) is 2. The van der Waals surface area contributed by atoms with Gasteiger partial charge in [0.05, 0.1) is 14.2 Å². The lowest BCUT2D eigenvalue weighted by molar-refractivity contribution is 0.145. The molecule has 13 heteroatoms. The van der Waals surface area contributed by atoms with E-state index in [1.807, 2.05) is 0 Å². The number of hydrogen-bond donors (Lipinski definition) is 2. The van der Waals surface area contributed by atoms with E-state index in [0.29, 0.717) is 38.3 Å². The van der Waals surface area contributed by atoms with Crippen molar-refractivity contribution in [1.82, 2.24) is 10.2 Å². The van der Waals surface area contributed by atoms with Crippen LogP contribution in [-0.4, -0.2) is 68.1 Å². The Kier molecular flexibility index (Phi) is 20.5. The van der Waals surface area contributed by atoms with E-state index in [1.54, 1.807) is 50.2 Å². The molecule has 0 radical (unpaired) electrons. The van der Waals surface area contributed by atoms with Crippen LogP contribution >= 0.6 is 33.2 Å². The van der Waals surface area contributed by atoms with Gasteiger partial charge in [-0.3, -0.25) is 5.32 Å². The van der Waals surface area contributed by atoms with Crippen molar-refractivity contribution >= 4 is 61.6 Å². The van der Waals surface area contributed by atoms with Crippen molar-refractivity contribution in [2.75, 3.05) is 33.6 Å². The van der Waals surface area contributed by atoms with Gasteiger partial charge in [-0.25, -0.2) is 19.2 Å². The molecule has 1 atom stereocenters. The van der Waals surface area contributed by atoms with Crippen molar-refractivity contribution in [3.05, 3.63) is 29.3 Å². The molecule has 1 unspecified atom stereocenters. The maximum atomic E-state index is 11.4. The number of carbonyl (C=O) groups is 4. The summed E-state index contributed by atoms with van der Waals surface area (Å²) in [6.45, 7) is 1.61. The van der Waals surface area contributed by atoms with Gasteiger partial charge >= 0.3 is 22.7 Å². The average molecular weight is 604 g/mol. The Morgan fingerprint density at radius 3 is 2.03 bits per heavy atom. The third kappa shape index (κ3) is 19.9. The second-order valence-corrected chi connectivity index (χ2v) is 10.7. The van der Waals surface area contributed by atoms with Crippen LogP contribution < -0.4 is 10.6 Å². The summed E-state index contributed by atoms with van der Waals surface area (Å²) in [6, 6.07) is 7.21. The molecule has 3 amide bonds. The summed E-state index contributed by atoms with van der Waals surface area (Å²) in [4.78, 5) is 44.9. The molecule has 2 rings (SSSR count). The fraction of sp³-hybridized carbons (Fsp3) is 0.538. The molecule has 2 N–H and O–H groups in total. The highest BCUT2D eigenvalue weighted by Crippen LogP contribution is 2.24. The van der Waals surface area contributed by atoms with E-state index < -0.39 is 22.8 Å². The number of carbonyl (C=O) groups excluding carboxylic acids is 4. The normalized spacial score (nSPS) is 13.6. The second kappa shape index (κ2) is 22.1. The number of ether oxygens (including phenoxy) is 3. The highest BCUT2D eigenvalue weighted by molar-refractivity contribution is 8.86. The monoisotopic (exact) mass is 603 g/mol. The van der Waals surface area contributed by atoms with Gasteiger partial charge in [-0.15, -0.1) is 6.42 Å². The summed E-state index contributed by atoms with van der Waals surface area (Å²) in [6.07, 6.45) is 12.8. The zero-order chi connectivity index (χ0) is 29.6. The molecule has 10 nitrogen and oxygen atoms in total. The van der Waals surface area contributed by atoms with E-state index in [4.69, 9.17) is 22.8 Å². The van der Waals surface area contributed by atoms with Gasteiger partial charge in [0.2, 0.25) is 0 Å². The molecule has 0 saturated heterocycles. The van der Waals surface area contributed by atoms with E-state index >= 15 is 0 Å². The van der Waals surface area contributed by atoms with E-state index in [9.17, 15) is 19.2 Å². The molecule has 1 aromatic rings. The Morgan fingerprint density at radius 2 is 1.56 bits per heavy atom.